The number of allylic oxidation sites excluding steroid dienone is 1. The van der Waals surface area contributed by atoms with Crippen molar-refractivity contribution in [3.8, 4) is 0 Å². The minimum absolute atomic E-state index is 0.204. The van der Waals surface area contributed by atoms with Crippen molar-refractivity contribution in [2.45, 2.75) is 46.1 Å². The van der Waals surface area contributed by atoms with Gasteiger partial charge in [-0.2, -0.15) is 0 Å². The quantitative estimate of drug-likeness (QED) is 0.758. The maximum Gasteiger partial charge on any atom is 0.326 e. The molecule has 0 saturated carbocycles. The first-order chi connectivity index (χ1) is 9.85. The molecule has 114 valence electrons. The standard InChI is InChI=1S/C17H23NO3/c1-5-6-7-15(17(20)21)18-16(19)10-14-12(3)8-11(2)9-13(14)4/h5,8-9,15H,1,6-7,10H2,2-4H3,(H,18,19)(H,20,21). The highest BCUT2D eigenvalue weighted by atomic mass is 16.4. The molecule has 1 atom stereocenters. The summed E-state index contributed by atoms with van der Waals surface area (Å²) in [5, 5.41) is 11.7. The van der Waals surface area contributed by atoms with Crippen molar-refractivity contribution in [3.05, 3.63) is 47.0 Å². The third-order valence-electron chi connectivity index (χ3n) is 3.47. The molecular weight excluding hydrogens is 266 g/mol. The van der Waals surface area contributed by atoms with Crippen LogP contribution in [0.1, 0.15) is 35.1 Å². The van der Waals surface area contributed by atoms with Gasteiger partial charge in [0.1, 0.15) is 6.04 Å². The van der Waals surface area contributed by atoms with Gasteiger partial charge in [-0.05, 0) is 50.3 Å². The summed E-state index contributed by atoms with van der Waals surface area (Å²) in [7, 11) is 0. The zero-order valence-corrected chi connectivity index (χ0v) is 12.9. The molecule has 1 unspecified atom stereocenters. The van der Waals surface area contributed by atoms with Crippen LogP contribution >= 0.6 is 0 Å². The summed E-state index contributed by atoms with van der Waals surface area (Å²) in [5.74, 6) is -1.27. The molecule has 0 aromatic heterocycles. The Balaban J connectivity index is 2.77. The van der Waals surface area contributed by atoms with Crippen LogP contribution in [0, 0.1) is 20.8 Å². The normalized spacial score (nSPS) is 11.8. The third-order valence-corrected chi connectivity index (χ3v) is 3.47. The molecule has 2 N–H and O–H groups in total. The fourth-order valence-electron chi connectivity index (χ4n) is 2.44. The number of amides is 1. The van der Waals surface area contributed by atoms with Crippen LogP contribution in [-0.4, -0.2) is 23.0 Å². The van der Waals surface area contributed by atoms with Crippen molar-refractivity contribution < 1.29 is 14.7 Å². The molecule has 0 bridgehead atoms. The minimum atomic E-state index is -1.01. The van der Waals surface area contributed by atoms with Gasteiger partial charge < -0.3 is 10.4 Å². The Labute approximate surface area is 125 Å². The monoisotopic (exact) mass is 289 g/mol. The third kappa shape index (κ3) is 5.06. The molecule has 4 nitrogen and oxygen atoms in total. The Kier molecular flexibility index (Phi) is 6.15. The summed E-state index contributed by atoms with van der Waals surface area (Å²) < 4.78 is 0. The Hall–Kier alpha value is -2.10. The molecule has 0 aliphatic heterocycles. The topological polar surface area (TPSA) is 66.4 Å². The fourth-order valence-corrected chi connectivity index (χ4v) is 2.44. The summed E-state index contributed by atoms with van der Waals surface area (Å²) in [6.45, 7) is 9.51. The van der Waals surface area contributed by atoms with Crippen molar-refractivity contribution in [2.24, 2.45) is 0 Å². The van der Waals surface area contributed by atoms with E-state index in [1.807, 2.05) is 32.9 Å². The first-order valence-electron chi connectivity index (χ1n) is 7.05. The second kappa shape index (κ2) is 7.62. The van der Waals surface area contributed by atoms with Crippen molar-refractivity contribution in [2.75, 3.05) is 0 Å². The molecule has 4 heteroatoms. The van der Waals surface area contributed by atoms with E-state index in [4.69, 9.17) is 5.11 Å². The zero-order valence-electron chi connectivity index (χ0n) is 12.9. The highest BCUT2D eigenvalue weighted by Crippen LogP contribution is 2.17. The predicted molar refractivity (Wildman–Crippen MR) is 83.4 cm³/mol. The van der Waals surface area contributed by atoms with E-state index in [0.717, 1.165) is 22.3 Å². The van der Waals surface area contributed by atoms with Gasteiger partial charge in [0.15, 0.2) is 0 Å². The van der Waals surface area contributed by atoms with Gasteiger partial charge in [0.25, 0.3) is 0 Å². The average molecular weight is 289 g/mol. The molecule has 0 aliphatic rings. The van der Waals surface area contributed by atoms with Gasteiger partial charge >= 0.3 is 5.97 Å². The molecule has 21 heavy (non-hydrogen) atoms. The van der Waals surface area contributed by atoms with E-state index in [1.165, 1.54) is 0 Å². The maximum absolute atomic E-state index is 12.1. The smallest absolute Gasteiger partial charge is 0.326 e. The van der Waals surface area contributed by atoms with E-state index in [2.05, 4.69) is 11.9 Å². The van der Waals surface area contributed by atoms with Crippen LogP contribution in [0.4, 0.5) is 0 Å². The van der Waals surface area contributed by atoms with Crippen LogP contribution in [0.3, 0.4) is 0 Å². The lowest BCUT2D eigenvalue weighted by Gasteiger charge is -2.15. The zero-order chi connectivity index (χ0) is 16.0. The van der Waals surface area contributed by atoms with Gasteiger partial charge in [-0.25, -0.2) is 4.79 Å². The van der Waals surface area contributed by atoms with Crippen LogP contribution < -0.4 is 5.32 Å². The molecule has 1 rings (SSSR count). The van der Waals surface area contributed by atoms with E-state index >= 15 is 0 Å². The fraction of sp³-hybridized carbons (Fsp3) is 0.412. The largest absolute Gasteiger partial charge is 0.480 e. The Morgan fingerprint density at radius 1 is 1.29 bits per heavy atom. The number of nitrogens with one attached hydrogen (secondary N) is 1. The molecule has 0 aliphatic carbocycles. The number of hydrogen-bond donors (Lipinski definition) is 2. The highest BCUT2D eigenvalue weighted by molar-refractivity contribution is 5.85. The molecule has 0 radical (unpaired) electrons. The van der Waals surface area contributed by atoms with Crippen molar-refractivity contribution >= 4 is 11.9 Å². The summed E-state index contributed by atoms with van der Waals surface area (Å²) in [6, 6.07) is 3.20. The van der Waals surface area contributed by atoms with Gasteiger partial charge in [0, 0.05) is 0 Å². The van der Waals surface area contributed by atoms with Crippen LogP contribution in [0.5, 0.6) is 0 Å². The minimum Gasteiger partial charge on any atom is -0.480 e. The molecule has 1 aromatic rings. The van der Waals surface area contributed by atoms with Crippen LogP contribution in [0.15, 0.2) is 24.8 Å². The first kappa shape index (κ1) is 17.0. The summed E-state index contributed by atoms with van der Waals surface area (Å²) in [5.41, 5.74) is 4.23. The number of hydrogen-bond acceptors (Lipinski definition) is 2. The number of carbonyl (C=O) groups excluding carboxylic acids is 1. The Morgan fingerprint density at radius 3 is 2.33 bits per heavy atom. The Morgan fingerprint density at radius 2 is 1.86 bits per heavy atom. The van der Waals surface area contributed by atoms with E-state index in [0.29, 0.717) is 12.8 Å². The molecule has 1 aromatic carbocycles. The number of benzene rings is 1. The van der Waals surface area contributed by atoms with Crippen molar-refractivity contribution in [1.82, 2.24) is 5.32 Å². The van der Waals surface area contributed by atoms with E-state index in [1.54, 1.807) is 6.08 Å². The lowest BCUT2D eigenvalue weighted by atomic mass is 9.97. The maximum atomic E-state index is 12.1. The second-order valence-electron chi connectivity index (χ2n) is 5.38. The van der Waals surface area contributed by atoms with Crippen molar-refractivity contribution in [3.63, 3.8) is 0 Å². The van der Waals surface area contributed by atoms with Crippen molar-refractivity contribution in [1.29, 1.82) is 0 Å². The lowest BCUT2D eigenvalue weighted by Crippen LogP contribution is -2.41. The molecule has 0 fully saturated rings. The number of carbonyl (C=O) groups is 2. The molecule has 0 spiro atoms. The van der Waals surface area contributed by atoms with Gasteiger partial charge in [0.2, 0.25) is 5.91 Å². The van der Waals surface area contributed by atoms with Gasteiger partial charge in [-0.1, -0.05) is 23.8 Å². The number of carboxylic acids is 1. The first-order valence-corrected chi connectivity index (χ1v) is 7.05. The van der Waals surface area contributed by atoms with Gasteiger partial charge in [0.05, 0.1) is 6.42 Å². The summed E-state index contributed by atoms with van der Waals surface area (Å²) >= 11 is 0. The number of rotatable bonds is 7. The van der Waals surface area contributed by atoms with Crippen LogP contribution in [-0.2, 0) is 16.0 Å². The summed E-state index contributed by atoms with van der Waals surface area (Å²) in [4.78, 5) is 23.2. The average Bonchev–Trinajstić information content (AvgIpc) is 2.38. The molecule has 1 amide bonds. The molecular formula is C17H23NO3. The number of carboxylic acid groups (broad SMARTS) is 1. The van der Waals surface area contributed by atoms with Crippen LogP contribution in [0.25, 0.3) is 0 Å². The number of aliphatic carboxylic acids is 1. The molecule has 0 saturated heterocycles. The lowest BCUT2D eigenvalue weighted by molar-refractivity contribution is -0.141. The van der Waals surface area contributed by atoms with Crippen LogP contribution in [0.2, 0.25) is 0 Å². The van der Waals surface area contributed by atoms with E-state index in [9.17, 15) is 9.59 Å². The SMILES string of the molecule is C=CCCC(NC(=O)Cc1c(C)cc(C)cc1C)C(=O)O. The van der Waals surface area contributed by atoms with E-state index in [-0.39, 0.29) is 12.3 Å². The Bertz CT molecular complexity index is 526. The predicted octanol–water partition coefficient (Wildman–Crippen LogP) is 2.69. The van der Waals surface area contributed by atoms with E-state index < -0.39 is 12.0 Å². The van der Waals surface area contributed by atoms with Gasteiger partial charge in [-0.3, -0.25) is 4.79 Å². The molecule has 0 heterocycles. The van der Waals surface area contributed by atoms with Gasteiger partial charge in [-0.15, -0.1) is 6.58 Å². The highest BCUT2D eigenvalue weighted by Gasteiger charge is 2.19. The summed E-state index contributed by atoms with van der Waals surface area (Å²) in [6.07, 6.45) is 2.77. The number of aryl methyl sites for hydroxylation is 3. The second-order valence-corrected chi connectivity index (χ2v) is 5.38.